The number of rotatable bonds is 6. The maximum atomic E-state index is 2.43. The van der Waals surface area contributed by atoms with Gasteiger partial charge in [0.2, 0.25) is 0 Å². The van der Waals surface area contributed by atoms with Crippen molar-refractivity contribution in [2.75, 3.05) is 0 Å². The van der Waals surface area contributed by atoms with Crippen molar-refractivity contribution in [2.45, 2.75) is 73.1 Å². The zero-order valence-electron chi connectivity index (χ0n) is 21.5. The molecule has 0 saturated carbocycles. The van der Waals surface area contributed by atoms with E-state index in [0.717, 1.165) is 19.3 Å². The quantitative estimate of drug-likeness (QED) is 0.340. The minimum atomic E-state index is -0.307. The first-order valence-electron chi connectivity index (χ1n) is 12.4. The van der Waals surface area contributed by atoms with Crippen LogP contribution in [0.25, 0.3) is 0 Å². The van der Waals surface area contributed by atoms with Crippen molar-refractivity contribution >= 4 is 0 Å². The van der Waals surface area contributed by atoms with Crippen molar-refractivity contribution in [3.05, 3.63) is 128 Å². The second-order valence-corrected chi connectivity index (χ2v) is 10.2. The SMILES string of the molecule is CCCC1=C(C(c2cc(C)cc(C)c2)(c2cc(C)cc(C)c2)c2cc(C)cc(C)c2)CC=C1. The van der Waals surface area contributed by atoms with Gasteiger partial charge in [-0.05, 0) is 82.2 Å². The molecule has 33 heavy (non-hydrogen) atoms. The molecule has 0 fully saturated rings. The van der Waals surface area contributed by atoms with Gasteiger partial charge in [-0.15, -0.1) is 0 Å². The predicted octanol–water partition coefficient (Wildman–Crippen LogP) is 8.93. The highest BCUT2D eigenvalue weighted by Gasteiger charge is 2.42. The van der Waals surface area contributed by atoms with Gasteiger partial charge in [-0.3, -0.25) is 0 Å². The van der Waals surface area contributed by atoms with E-state index in [1.807, 2.05) is 0 Å². The van der Waals surface area contributed by atoms with Gasteiger partial charge in [-0.2, -0.15) is 0 Å². The molecule has 3 aromatic rings. The van der Waals surface area contributed by atoms with Gasteiger partial charge in [-0.25, -0.2) is 0 Å². The molecule has 1 aliphatic rings. The molecule has 0 bridgehead atoms. The van der Waals surface area contributed by atoms with Crippen LogP contribution in [0.1, 0.15) is 76.3 Å². The first-order valence-corrected chi connectivity index (χ1v) is 12.4. The molecular weight excluding hydrogens is 396 g/mol. The molecule has 3 aromatic carbocycles. The lowest BCUT2D eigenvalue weighted by Gasteiger charge is -2.40. The van der Waals surface area contributed by atoms with E-state index in [9.17, 15) is 0 Å². The molecule has 0 N–H and O–H groups in total. The van der Waals surface area contributed by atoms with Gasteiger partial charge >= 0.3 is 0 Å². The fourth-order valence-electron chi connectivity index (χ4n) is 6.04. The molecule has 0 spiro atoms. The summed E-state index contributed by atoms with van der Waals surface area (Å²) in [6, 6.07) is 21.5. The van der Waals surface area contributed by atoms with Crippen molar-refractivity contribution in [3.8, 4) is 0 Å². The first-order chi connectivity index (χ1) is 15.7. The predicted molar refractivity (Wildman–Crippen MR) is 143 cm³/mol. The summed E-state index contributed by atoms with van der Waals surface area (Å²) in [7, 11) is 0. The maximum Gasteiger partial charge on any atom is 0.0670 e. The van der Waals surface area contributed by atoms with Crippen molar-refractivity contribution in [2.24, 2.45) is 0 Å². The van der Waals surface area contributed by atoms with Gasteiger partial charge in [0.1, 0.15) is 0 Å². The summed E-state index contributed by atoms with van der Waals surface area (Å²) in [6.45, 7) is 15.7. The molecule has 1 aliphatic carbocycles. The molecule has 0 heteroatoms. The summed E-state index contributed by atoms with van der Waals surface area (Å²) >= 11 is 0. The fraction of sp³-hybridized carbons (Fsp3) is 0.333. The molecule has 170 valence electrons. The smallest absolute Gasteiger partial charge is 0.0670 e. The standard InChI is InChI=1S/C33H38/c1-8-10-28-11-9-12-32(28)33(29-16-22(2)13-23(3)17-29,30-18-24(4)14-25(5)19-30)31-20-26(6)15-27(7)21-31/h9,11,13-21H,8,10,12H2,1-7H3. The lowest BCUT2D eigenvalue weighted by Crippen LogP contribution is -2.33. The summed E-state index contributed by atoms with van der Waals surface area (Å²) in [5, 5.41) is 0. The van der Waals surface area contributed by atoms with Crippen LogP contribution in [0.15, 0.2) is 77.9 Å². The molecule has 0 aliphatic heterocycles. The van der Waals surface area contributed by atoms with Gasteiger partial charge in [0.05, 0.1) is 5.41 Å². The number of allylic oxidation sites excluding steroid dienone is 4. The van der Waals surface area contributed by atoms with Gasteiger partial charge in [0.15, 0.2) is 0 Å². The molecule has 4 rings (SSSR count). The van der Waals surface area contributed by atoms with Crippen molar-refractivity contribution in [3.63, 3.8) is 0 Å². The van der Waals surface area contributed by atoms with Crippen molar-refractivity contribution < 1.29 is 0 Å². The van der Waals surface area contributed by atoms with E-state index in [0.29, 0.717) is 0 Å². The molecular formula is C33H38. The van der Waals surface area contributed by atoms with Crippen LogP contribution in [0.3, 0.4) is 0 Å². The topological polar surface area (TPSA) is 0 Å². The Morgan fingerprint density at radius 3 is 1.27 bits per heavy atom. The zero-order chi connectivity index (χ0) is 23.8. The van der Waals surface area contributed by atoms with Gasteiger partial charge in [-0.1, -0.05) is 113 Å². The van der Waals surface area contributed by atoms with E-state index in [4.69, 9.17) is 0 Å². The Bertz CT molecular complexity index is 1060. The Morgan fingerprint density at radius 2 is 0.939 bits per heavy atom. The molecule has 0 amide bonds. The lowest BCUT2D eigenvalue weighted by atomic mass is 9.62. The number of hydrogen-bond donors (Lipinski definition) is 0. The van der Waals surface area contributed by atoms with Crippen LogP contribution in [0.4, 0.5) is 0 Å². The highest BCUT2D eigenvalue weighted by Crippen LogP contribution is 2.51. The van der Waals surface area contributed by atoms with E-state index >= 15 is 0 Å². The Morgan fingerprint density at radius 1 is 0.576 bits per heavy atom. The zero-order valence-corrected chi connectivity index (χ0v) is 21.5. The molecule has 0 heterocycles. The van der Waals surface area contributed by atoms with Crippen LogP contribution in [0, 0.1) is 41.5 Å². The van der Waals surface area contributed by atoms with Gasteiger partial charge in [0.25, 0.3) is 0 Å². The molecule has 0 aromatic heterocycles. The number of aryl methyl sites for hydroxylation is 6. The highest BCUT2D eigenvalue weighted by atomic mass is 14.4. The molecule has 0 unspecified atom stereocenters. The van der Waals surface area contributed by atoms with E-state index in [-0.39, 0.29) is 5.41 Å². The minimum Gasteiger partial charge on any atom is -0.0801 e. The third kappa shape index (κ3) is 4.36. The fourth-order valence-corrected chi connectivity index (χ4v) is 6.04. The van der Waals surface area contributed by atoms with E-state index in [1.165, 1.54) is 55.6 Å². The Hall–Kier alpha value is -2.86. The second kappa shape index (κ2) is 9.18. The lowest BCUT2D eigenvalue weighted by molar-refractivity contribution is 0.692. The summed E-state index contributed by atoms with van der Waals surface area (Å²) in [5.74, 6) is 0. The van der Waals surface area contributed by atoms with Gasteiger partial charge < -0.3 is 0 Å². The third-order valence-electron chi connectivity index (χ3n) is 6.96. The number of benzene rings is 3. The maximum absolute atomic E-state index is 2.43. The van der Waals surface area contributed by atoms with Crippen LogP contribution >= 0.6 is 0 Å². The molecule has 0 saturated heterocycles. The van der Waals surface area contributed by atoms with E-state index < -0.39 is 0 Å². The first kappa shape index (κ1) is 23.3. The van der Waals surface area contributed by atoms with Crippen molar-refractivity contribution in [1.82, 2.24) is 0 Å². The average molecular weight is 435 g/mol. The van der Waals surface area contributed by atoms with E-state index in [1.54, 1.807) is 5.57 Å². The minimum absolute atomic E-state index is 0.307. The molecule has 0 atom stereocenters. The van der Waals surface area contributed by atoms with Crippen LogP contribution < -0.4 is 0 Å². The largest absolute Gasteiger partial charge is 0.0801 e. The van der Waals surface area contributed by atoms with Gasteiger partial charge in [0, 0.05) is 0 Å². The van der Waals surface area contributed by atoms with E-state index in [2.05, 4.69) is 115 Å². The summed E-state index contributed by atoms with van der Waals surface area (Å²) in [4.78, 5) is 0. The monoisotopic (exact) mass is 434 g/mol. The van der Waals surface area contributed by atoms with Crippen molar-refractivity contribution in [1.29, 1.82) is 0 Å². The summed E-state index contributed by atoms with van der Waals surface area (Å²) in [5.41, 5.74) is 14.9. The van der Waals surface area contributed by atoms with Crippen LogP contribution in [-0.4, -0.2) is 0 Å². The third-order valence-corrected chi connectivity index (χ3v) is 6.96. The molecule has 0 nitrogen and oxygen atoms in total. The van der Waals surface area contributed by atoms with Crippen LogP contribution in [0.2, 0.25) is 0 Å². The summed E-state index contributed by atoms with van der Waals surface area (Å²) < 4.78 is 0. The molecule has 0 radical (unpaired) electrons. The normalized spacial score (nSPS) is 13.8. The van der Waals surface area contributed by atoms with Crippen LogP contribution in [0.5, 0.6) is 0 Å². The number of hydrogen-bond acceptors (Lipinski definition) is 0. The van der Waals surface area contributed by atoms with Crippen LogP contribution in [-0.2, 0) is 5.41 Å². The summed E-state index contributed by atoms with van der Waals surface area (Å²) in [6.07, 6.45) is 8.05. The Balaban J connectivity index is 2.23. The average Bonchev–Trinajstić information content (AvgIpc) is 3.15. The highest BCUT2D eigenvalue weighted by molar-refractivity contribution is 5.64. The second-order valence-electron chi connectivity index (χ2n) is 10.2. The Kier molecular flexibility index (Phi) is 6.48. The Labute approximate surface area is 201 Å².